The lowest BCUT2D eigenvalue weighted by atomic mass is 10.2. The first-order valence-electron chi connectivity index (χ1n) is 6.84. The Morgan fingerprint density at radius 2 is 2.10 bits per heavy atom. The highest BCUT2D eigenvalue weighted by Crippen LogP contribution is 2.42. The summed E-state index contributed by atoms with van der Waals surface area (Å²) in [6, 6.07) is 7.91. The lowest BCUT2D eigenvalue weighted by Gasteiger charge is -2.04. The Balaban J connectivity index is 1.90. The topological polar surface area (TPSA) is 55.7 Å². The first-order valence-corrected chi connectivity index (χ1v) is 6.84. The summed E-state index contributed by atoms with van der Waals surface area (Å²) in [4.78, 5) is 8.11. The van der Waals surface area contributed by atoms with Gasteiger partial charge in [-0.15, -0.1) is 0 Å². The average molecular weight is 268 g/mol. The van der Waals surface area contributed by atoms with Gasteiger partial charge in [-0.3, -0.25) is 0 Å². The van der Waals surface area contributed by atoms with E-state index in [-0.39, 0.29) is 0 Å². The van der Waals surface area contributed by atoms with Gasteiger partial charge in [-0.1, -0.05) is 12.1 Å². The fraction of sp³-hybridized carbons (Fsp3) is 0.333. The van der Waals surface area contributed by atoms with Gasteiger partial charge < -0.3 is 9.72 Å². The van der Waals surface area contributed by atoms with E-state index in [9.17, 15) is 0 Å². The van der Waals surface area contributed by atoms with Crippen molar-refractivity contribution in [2.24, 2.45) is 7.05 Å². The number of aryl methyl sites for hydroxylation is 1. The maximum Gasteiger partial charge on any atom is 0.176 e. The largest absolute Gasteiger partial charge is 0.496 e. The molecule has 0 saturated heterocycles. The van der Waals surface area contributed by atoms with Crippen LogP contribution in [0.3, 0.4) is 0 Å². The van der Waals surface area contributed by atoms with Crippen molar-refractivity contribution in [1.82, 2.24) is 19.7 Å². The van der Waals surface area contributed by atoms with Gasteiger partial charge in [0.15, 0.2) is 5.65 Å². The summed E-state index contributed by atoms with van der Waals surface area (Å²) in [5, 5.41) is 4.58. The van der Waals surface area contributed by atoms with Gasteiger partial charge in [-0.2, -0.15) is 5.10 Å². The number of imidazole rings is 1. The van der Waals surface area contributed by atoms with Crippen LogP contribution in [0.5, 0.6) is 5.75 Å². The molecule has 2 aromatic heterocycles. The number of nitrogens with zero attached hydrogens (tertiary/aromatic N) is 3. The van der Waals surface area contributed by atoms with Crippen LogP contribution < -0.4 is 4.74 Å². The third-order valence-electron chi connectivity index (χ3n) is 3.83. The molecule has 0 atom stereocenters. The van der Waals surface area contributed by atoms with E-state index >= 15 is 0 Å². The highest BCUT2D eigenvalue weighted by molar-refractivity contribution is 5.81. The van der Waals surface area contributed by atoms with E-state index in [1.54, 1.807) is 7.11 Å². The smallest absolute Gasteiger partial charge is 0.176 e. The van der Waals surface area contributed by atoms with Gasteiger partial charge in [0.1, 0.15) is 17.1 Å². The molecule has 1 aliphatic carbocycles. The summed E-state index contributed by atoms with van der Waals surface area (Å²) < 4.78 is 7.27. The third kappa shape index (κ3) is 1.62. The Morgan fingerprint density at radius 1 is 1.30 bits per heavy atom. The maximum atomic E-state index is 5.41. The number of rotatable bonds is 3. The second-order valence-electron chi connectivity index (χ2n) is 5.27. The zero-order valence-electron chi connectivity index (χ0n) is 11.6. The van der Waals surface area contributed by atoms with E-state index in [0.717, 1.165) is 34.0 Å². The average Bonchev–Trinajstić information content (AvgIpc) is 3.14. The second kappa shape index (κ2) is 4.10. The monoisotopic (exact) mass is 268 g/mol. The molecule has 3 aromatic rings. The summed E-state index contributed by atoms with van der Waals surface area (Å²) in [7, 11) is 3.62. The lowest BCUT2D eigenvalue weighted by molar-refractivity contribution is 0.416. The zero-order valence-corrected chi connectivity index (χ0v) is 11.6. The number of methoxy groups -OCH3 is 1. The molecule has 102 valence electrons. The molecule has 0 unspecified atom stereocenters. The molecular weight excluding hydrogens is 252 g/mol. The number of nitrogens with one attached hydrogen (secondary N) is 1. The van der Waals surface area contributed by atoms with E-state index in [2.05, 4.69) is 15.1 Å². The Labute approximate surface area is 116 Å². The van der Waals surface area contributed by atoms with E-state index in [4.69, 9.17) is 4.74 Å². The van der Waals surface area contributed by atoms with Crippen LogP contribution in [0.25, 0.3) is 22.6 Å². The summed E-state index contributed by atoms with van der Waals surface area (Å²) in [5.74, 6) is 2.27. The Bertz CT molecular complexity index is 782. The molecule has 1 N–H and O–H groups in total. The number of para-hydroxylation sites is 1. The van der Waals surface area contributed by atoms with E-state index in [0.29, 0.717) is 5.92 Å². The number of fused-ring (bicyclic) bond motifs is 1. The number of H-pyrrole nitrogens is 1. The number of hydrogen-bond donors (Lipinski definition) is 1. The fourth-order valence-corrected chi connectivity index (χ4v) is 2.65. The lowest BCUT2D eigenvalue weighted by Crippen LogP contribution is -1.94. The molecular formula is C15H16N4O. The van der Waals surface area contributed by atoms with Crippen LogP contribution in [-0.2, 0) is 7.05 Å². The number of aromatic amines is 1. The predicted octanol–water partition coefficient (Wildman–Crippen LogP) is 2.85. The molecule has 5 nitrogen and oxygen atoms in total. The van der Waals surface area contributed by atoms with Gasteiger partial charge in [0, 0.05) is 13.0 Å². The van der Waals surface area contributed by atoms with Gasteiger partial charge in [-0.25, -0.2) is 9.67 Å². The minimum Gasteiger partial charge on any atom is -0.496 e. The van der Waals surface area contributed by atoms with E-state index in [1.165, 1.54) is 12.8 Å². The van der Waals surface area contributed by atoms with Crippen molar-refractivity contribution >= 4 is 11.2 Å². The van der Waals surface area contributed by atoms with Crippen LogP contribution in [0.2, 0.25) is 0 Å². The number of ether oxygens (including phenoxy) is 1. The highest BCUT2D eigenvalue weighted by atomic mass is 16.5. The van der Waals surface area contributed by atoms with Gasteiger partial charge in [0.2, 0.25) is 0 Å². The molecule has 2 heterocycles. The van der Waals surface area contributed by atoms with Crippen LogP contribution in [-0.4, -0.2) is 26.9 Å². The van der Waals surface area contributed by atoms with Crippen molar-refractivity contribution in [3.05, 3.63) is 30.0 Å². The van der Waals surface area contributed by atoms with Crippen LogP contribution in [0, 0.1) is 0 Å². The molecule has 0 radical (unpaired) electrons. The number of hydrogen-bond acceptors (Lipinski definition) is 3. The quantitative estimate of drug-likeness (QED) is 0.794. The molecule has 1 saturated carbocycles. The zero-order chi connectivity index (χ0) is 13.7. The van der Waals surface area contributed by atoms with Crippen molar-refractivity contribution in [2.75, 3.05) is 7.11 Å². The Kier molecular flexibility index (Phi) is 2.36. The van der Waals surface area contributed by atoms with Crippen LogP contribution in [0.15, 0.2) is 24.3 Å². The standard InChI is InChI=1S/C15H16N4O/c1-19-15-13(12(18-19)9-7-8-9)16-14(17-15)10-5-3-4-6-11(10)20-2/h3-6,9H,7-8H2,1-2H3,(H,16,17). The molecule has 0 bridgehead atoms. The molecule has 20 heavy (non-hydrogen) atoms. The second-order valence-corrected chi connectivity index (χ2v) is 5.27. The minimum atomic E-state index is 0.602. The number of benzene rings is 1. The maximum absolute atomic E-state index is 5.41. The summed E-state index contributed by atoms with van der Waals surface area (Å²) in [6.07, 6.45) is 2.46. The molecule has 1 aliphatic rings. The first-order chi connectivity index (χ1) is 9.78. The summed E-state index contributed by atoms with van der Waals surface area (Å²) >= 11 is 0. The molecule has 5 heteroatoms. The first kappa shape index (κ1) is 11.5. The normalized spacial score (nSPS) is 14.9. The Hall–Kier alpha value is -2.30. The molecule has 4 rings (SSSR count). The van der Waals surface area contributed by atoms with Crippen LogP contribution in [0.1, 0.15) is 24.5 Å². The molecule has 1 fully saturated rings. The van der Waals surface area contributed by atoms with Gasteiger partial charge in [0.25, 0.3) is 0 Å². The van der Waals surface area contributed by atoms with Crippen molar-refractivity contribution in [1.29, 1.82) is 0 Å². The summed E-state index contributed by atoms with van der Waals surface area (Å²) in [6.45, 7) is 0. The van der Waals surface area contributed by atoms with Crippen LogP contribution in [0.4, 0.5) is 0 Å². The molecule has 0 spiro atoms. The van der Waals surface area contributed by atoms with Crippen molar-refractivity contribution in [2.45, 2.75) is 18.8 Å². The van der Waals surface area contributed by atoms with Gasteiger partial charge >= 0.3 is 0 Å². The number of aromatic nitrogens is 4. The van der Waals surface area contributed by atoms with Gasteiger partial charge in [0.05, 0.1) is 18.4 Å². The highest BCUT2D eigenvalue weighted by Gasteiger charge is 2.30. The summed E-state index contributed by atoms with van der Waals surface area (Å²) in [5.41, 5.74) is 4.10. The van der Waals surface area contributed by atoms with E-state index in [1.807, 2.05) is 36.0 Å². The Morgan fingerprint density at radius 3 is 2.85 bits per heavy atom. The van der Waals surface area contributed by atoms with E-state index < -0.39 is 0 Å². The van der Waals surface area contributed by atoms with Gasteiger partial charge in [-0.05, 0) is 25.0 Å². The molecule has 1 aromatic carbocycles. The predicted molar refractivity (Wildman–Crippen MR) is 76.8 cm³/mol. The van der Waals surface area contributed by atoms with Crippen LogP contribution >= 0.6 is 0 Å². The van der Waals surface area contributed by atoms with Crippen molar-refractivity contribution < 1.29 is 4.74 Å². The molecule has 0 amide bonds. The fourth-order valence-electron chi connectivity index (χ4n) is 2.65. The third-order valence-corrected chi connectivity index (χ3v) is 3.83. The molecule has 0 aliphatic heterocycles. The van der Waals surface area contributed by atoms with Crippen molar-refractivity contribution in [3.63, 3.8) is 0 Å². The van der Waals surface area contributed by atoms with Crippen molar-refractivity contribution in [3.8, 4) is 17.1 Å². The minimum absolute atomic E-state index is 0.602. The SMILES string of the molecule is COc1ccccc1-c1nc2c([nH]1)c(C1CC1)nn2C.